The summed E-state index contributed by atoms with van der Waals surface area (Å²) in [6, 6.07) is 8.48. The first-order valence-corrected chi connectivity index (χ1v) is 7.47. The fourth-order valence-electron chi connectivity index (χ4n) is 1.86. The average molecular weight is 349 g/mol. The minimum Gasteiger partial charge on any atom is -0.247 e. The summed E-state index contributed by atoms with van der Waals surface area (Å²) in [6.45, 7) is 6.17. The maximum absolute atomic E-state index is 4.55. The maximum Gasteiger partial charge on any atom is 0.267 e. The van der Waals surface area contributed by atoms with Crippen LogP contribution in [0.25, 0.3) is 5.70 Å². The molecule has 0 bridgehead atoms. The molecule has 1 aliphatic rings. The van der Waals surface area contributed by atoms with Gasteiger partial charge < -0.3 is 0 Å². The van der Waals surface area contributed by atoms with Crippen LogP contribution >= 0.6 is 40.1 Å². The Balaban J connectivity index is 0.00000162. The van der Waals surface area contributed by atoms with Crippen LogP contribution < -0.4 is 4.90 Å². The highest BCUT2D eigenvalue weighted by molar-refractivity contribution is 9.10. The van der Waals surface area contributed by atoms with E-state index in [4.69, 9.17) is 0 Å². The van der Waals surface area contributed by atoms with E-state index in [-0.39, 0.29) is 12.4 Å². The number of rotatable bonds is 3. The smallest absolute Gasteiger partial charge is 0.247 e. The van der Waals surface area contributed by atoms with Crippen molar-refractivity contribution in [2.75, 3.05) is 13.1 Å². The van der Waals surface area contributed by atoms with Crippen LogP contribution in [0.15, 0.2) is 39.1 Å². The van der Waals surface area contributed by atoms with Gasteiger partial charge in [0.25, 0.3) is 5.17 Å². The van der Waals surface area contributed by atoms with E-state index in [1.807, 2.05) is 0 Å². The molecule has 1 aromatic carbocycles. The second kappa shape index (κ2) is 7.34. The van der Waals surface area contributed by atoms with Gasteiger partial charge in [0.05, 0.1) is 6.54 Å². The normalized spacial score (nSPS) is 20.7. The summed E-state index contributed by atoms with van der Waals surface area (Å²) < 4.78 is 1.12. The number of aliphatic imine (C=N–C) groups is 1. The third-order valence-corrected chi connectivity index (χ3v) is 4.16. The number of amidine groups is 1. The summed E-state index contributed by atoms with van der Waals surface area (Å²) in [5.41, 5.74) is 2.61. The van der Waals surface area contributed by atoms with Crippen molar-refractivity contribution in [1.29, 1.82) is 0 Å². The number of nitrogens with zero attached hydrogens (tertiary/aromatic N) is 1. The van der Waals surface area contributed by atoms with Crippen LogP contribution in [0.3, 0.4) is 0 Å². The van der Waals surface area contributed by atoms with E-state index in [2.05, 4.69) is 64.4 Å². The molecular formula is C13H17BrClN2S+. The van der Waals surface area contributed by atoms with Crippen LogP contribution in [0.2, 0.25) is 0 Å². The molecule has 1 aliphatic heterocycles. The molecule has 1 unspecified atom stereocenters. The van der Waals surface area contributed by atoms with E-state index in [0.29, 0.717) is 0 Å². The molecule has 98 valence electrons. The van der Waals surface area contributed by atoms with Gasteiger partial charge in [-0.1, -0.05) is 15.9 Å². The zero-order valence-corrected chi connectivity index (χ0v) is 13.7. The summed E-state index contributed by atoms with van der Waals surface area (Å²) in [5, 5.41) is 3.41. The van der Waals surface area contributed by atoms with Gasteiger partial charge in [0.1, 0.15) is 0 Å². The third-order valence-electron chi connectivity index (χ3n) is 2.68. The SMILES string of the molecule is CCN=C1SC=C(c2ccc(Br)cc2)[NH+]1CC.Cl. The quantitative estimate of drug-likeness (QED) is 0.887. The molecule has 0 amide bonds. The van der Waals surface area contributed by atoms with Gasteiger partial charge in [0, 0.05) is 22.0 Å². The van der Waals surface area contributed by atoms with E-state index in [0.717, 1.165) is 17.6 Å². The number of hydrogen-bond donors (Lipinski definition) is 1. The fourth-order valence-corrected chi connectivity index (χ4v) is 3.23. The second-order valence-electron chi connectivity index (χ2n) is 3.77. The number of quaternary nitrogens is 1. The lowest BCUT2D eigenvalue weighted by molar-refractivity contribution is -0.715. The van der Waals surface area contributed by atoms with Crippen LogP contribution in [-0.2, 0) is 0 Å². The molecule has 0 radical (unpaired) electrons. The van der Waals surface area contributed by atoms with Crippen molar-refractivity contribution in [1.82, 2.24) is 0 Å². The number of benzene rings is 1. The van der Waals surface area contributed by atoms with Crippen molar-refractivity contribution < 1.29 is 4.90 Å². The van der Waals surface area contributed by atoms with Crippen molar-refractivity contribution in [3.63, 3.8) is 0 Å². The first-order chi connectivity index (χ1) is 8.26. The molecule has 18 heavy (non-hydrogen) atoms. The summed E-state index contributed by atoms with van der Waals surface area (Å²) in [4.78, 5) is 5.92. The Morgan fingerprint density at radius 3 is 2.44 bits per heavy atom. The van der Waals surface area contributed by atoms with E-state index in [9.17, 15) is 0 Å². The lowest BCUT2D eigenvalue weighted by atomic mass is 10.1. The molecule has 0 aliphatic carbocycles. The van der Waals surface area contributed by atoms with Gasteiger partial charge >= 0.3 is 0 Å². The average Bonchev–Trinajstić information content (AvgIpc) is 2.73. The number of nitrogens with one attached hydrogen (secondary N) is 1. The molecule has 0 saturated carbocycles. The van der Waals surface area contributed by atoms with E-state index < -0.39 is 0 Å². The molecule has 1 atom stereocenters. The molecule has 0 aromatic heterocycles. The zero-order chi connectivity index (χ0) is 12.3. The molecule has 1 aromatic rings. The molecule has 2 rings (SSSR count). The number of hydrogen-bond acceptors (Lipinski definition) is 2. The Bertz CT molecular complexity index is 457. The Kier molecular flexibility index (Phi) is 6.43. The molecule has 0 saturated heterocycles. The number of halogens is 2. The molecule has 1 heterocycles. The minimum atomic E-state index is 0. The van der Waals surface area contributed by atoms with E-state index in [1.54, 1.807) is 11.8 Å². The van der Waals surface area contributed by atoms with Crippen molar-refractivity contribution in [3.05, 3.63) is 39.7 Å². The molecule has 5 heteroatoms. The molecule has 2 nitrogen and oxygen atoms in total. The highest BCUT2D eigenvalue weighted by atomic mass is 79.9. The lowest BCUT2D eigenvalue weighted by Gasteiger charge is -2.13. The summed E-state index contributed by atoms with van der Waals surface area (Å²) >= 11 is 5.21. The van der Waals surface area contributed by atoms with Crippen molar-refractivity contribution in [2.24, 2.45) is 4.99 Å². The van der Waals surface area contributed by atoms with Crippen LogP contribution in [0, 0.1) is 0 Å². The summed E-state index contributed by atoms with van der Waals surface area (Å²) in [5.74, 6) is 0. The first kappa shape index (κ1) is 15.8. The molecule has 1 N–H and O–H groups in total. The minimum absolute atomic E-state index is 0. The Labute approximate surface area is 127 Å². The maximum atomic E-state index is 4.55. The van der Waals surface area contributed by atoms with Gasteiger partial charge in [-0.3, -0.25) is 0 Å². The fraction of sp³-hybridized carbons (Fsp3) is 0.308. The van der Waals surface area contributed by atoms with Crippen LogP contribution in [-0.4, -0.2) is 18.3 Å². The predicted octanol–water partition coefficient (Wildman–Crippen LogP) is 3.20. The van der Waals surface area contributed by atoms with Gasteiger partial charge in [0.15, 0.2) is 5.70 Å². The van der Waals surface area contributed by atoms with Gasteiger partial charge in [-0.15, -0.1) is 12.4 Å². The highest BCUT2D eigenvalue weighted by Gasteiger charge is 2.28. The van der Waals surface area contributed by atoms with Gasteiger partial charge in [0.2, 0.25) is 0 Å². The predicted molar refractivity (Wildman–Crippen MR) is 86.4 cm³/mol. The van der Waals surface area contributed by atoms with E-state index in [1.165, 1.54) is 21.3 Å². The molecular weight excluding hydrogens is 332 g/mol. The summed E-state index contributed by atoms with van der Waals surface area (Å²) in [7, 11) is 0. The van der Waals surface area contributed by atoms with Crippen LogP contribution in [0.4, 0.5) is 0 Å². The zero-order valence-electron chi connectivity index (χ0n) is 10.4. The van der Waals surface area contributed by atoms with Gasteiger partial charge in [-0.25, -0.2) is 9.89 Å². The Hall–Kier alpha value is -0.290. The van der Waals surface area contributed by atoms with Crippen molar-refractivity contribution >= 4 is 51.0 Å². The number of thioether (sulfide) groups is 1. The Morgan fingerprint density at radius 2 is 1.89 bits per heavy atom. The van der Waals surface area contributed by atoms with Crippen molar-refractivity contribution in [3.8, 4) is 0 Å². The largest absolute Gasteiger partial charge is 0.267 e. The van der Waals surface area contributed by atoms with Gasteiger partial charge in [-0.05, 0) is 49.9 Å². The van der Waals surface area contributed by atoms with Gasteiger partial charge in [-0.2, -0.15) is 0 Å². The van der Waals surface area contributed by atoms with Crippen LogP contribution in [0.5, 0.6) is 0 Å². The van der Waals surface area contributed by atoms with Crippen LogP contribution in [0.1, 0.15) is 19.4 Å². The molecule has 0 fully saturated rings. The Morgan fingerprint density at radius 1 is 1.22 bits per heavy atom. The third kappa shape index (κ3) is 3.38. The summed E-state index contributed by atoms with van der Waals surface area (Å²) in [6.07, 6.45) is 0. The highest BCUT2D eigenvalue weighted by Crippen LogP contribution is 2.21. The molecule has 0 spiro atoms. The second-order valence-corrected chi connectivity index (χ2v) is 5.54. The standard InChI is InChI=1S/C13H15BrN2S.ClH/c1-3-15-13-16(4-2)12(9-17-13)10-5-7-11(14)8-6-10;/h5-9H,3-4H2,1-2H3;1H/p+1. The first-order valence-electron chi connectivity index (χ1n) is 5.80. The topological polar surface area (TPSA) is 16.8 Å². The monoisotopic (exact) mass is 347 g/mol. The van der Waals surface area contributed by atoms with Crippen molar-refractivity contribution in [2.45, 2.75) is 13.8 Å². The lowest BCUT2D eigenvalue weighted by Crippen LogP contribution is -3.10. The van der Waals surface area contributed by atoms with E-state index >= 15 is 0 Å².